The summed E-state index contributed by atoms with van der Waals surface area (Å²) < 4.78 is 0. The molecule has 0 radical (unpaired) electrons. The number of hydrogen-bond donors (Lipinski definition) is 2. The zero-order chi connectivity index (χ0) is 11.9. The molecule has 0 saturated heterocycles. The van der Waals surface area contributed by atoms with Gasteiger partial charge in [-0.1, -0.05) is 25.3 Å². The first kappa shape index (κ1) is 12.2. The number of nitrogens with one attached hydrogen (secondary N) is 2. The maximum Gasteiger partial charge on any atom is 0.128 e. The van der Waals surface area contributed by atoms with E-state index in [0.29, 0.717) is 0 Å². The van der Waals surface area contributed by atoms with Gasteiger partial charge >= 0.3 is 0 Å². The van der Waals surface area contributed by atoms with Crippen molar-refractivity contribution in [3.63, 3.8) is 0 Å². The summed E-state index contributed by atoms with van der Waals surface area (Å²) in [6, 6.07) is 6.10. The first-order chi connectivity index (χ1) is 8.38. The summed E-state index contributed by atoms with van der Waals surface area (Å²) >= 11 is 0. The van der Waals surface area contributed by atoms with Crippen molar-refractivity contribution in [1.82, 2.24) is 4.98 Å². The van der Waals surface area contributed by atoms with Crippen LogP contribution in [0.25, 0.3) is 0 Å². The van der Waals surface area contributed by atoms with E-state index in [1.807, 2.05) is 18.2 Å². The van der Waals surface area contributed by atoms with E-state index in [-0.39, 0.29) is 0 Å². The highest BCUT2D eigenvalue weighted by Crippen LogP contribution is 2.23. The van der Waals surface area contributed by atoms with Crippen LogP contribution in [0.2, 0.25) is 0 Å². The Labute approximate surface area is 104 Å². The maximum absolute atomic E-state index is 4.52. The molecule has 0 bridgehead atoms. The summed E-state index contributed by atoms with van der Waals surface area (Å²) in [5.74, 6) is 2.79. The fourth-order valence-corrected chi connectivity index (χ4v) is 2.45. The Kier molecular flexibility index (Phi) is 4.65. The van der Waals surface area contributed by atoms with E-state index in [2.05, 4.69) is 22.5 Å². The van der Waals surface area contributed by atoms with E-state index < -0.39 is 0 Å². The highest BCUT2D eigenvalue weighted by atomic mass is 15.1. The number of hydrogen-bond acceptors (Lipinski definition) is 3. The molecule has 1 fully saturated rings. The molecule has 2 N–H and O–H groups in total. The van der Waals surface area contributed by atoms with Crippen LogP contribution in [0.5, 0.6) is 0 Å². The number of pyridine rings is 1. The second kappa shape index (κ2) is 6.48. The summed E-state index contributed by atoms with van der Waals surface area (Å²) in [6.07, 6.45) is 6.97. The van der Waals surface area contributed by atoms with Crippen LogP contribution >= 0.6 is 0 Å². The van der Waals surface area contributed by atoms with E-state index in [4.69, 9.17) is 0 Å². The van der Waals surface area contributed by atoms with E-state index >= 15 is 0 Å². The number of rotatable bonds is 5. The second-order valence-electron chi connectivity index (χ2n) is 4.82. The number of aromatic nitrogens is 1. The molecule has 3 nitrogen and oxygen atoms in total. The van der Waals surface area contributed by atoms with Gasteiger partial charge in [0.15, 0.2) is 0 Å². The third-order valence-electron chi connectivity index (χ3n) is 3.40. The number of anilines is 2. The van der Waals surface area contributed by atoms with Crippen LogP contribution in [0.1, 0.15) is 39.0 Å². The van der Waals surface area contributed by atoms with E-state index in [1.54, 1.807) is 0 Å². The molecule has 0 unspecified atom stereocenters. The van der Waals surface area contributed by atoms with Crippen molar-refractivity contribution in [3.8, 4) is 0 Å². The van der Waals surface area contributed by atoms with Crippen LogP contribution in [0.4, 0.5) is 11.6 Å². The monoisotopic (exact) mass is 233 g/mol. The summed E-state index contributed by atoms with van der Waals surface area (Å²) in [5.41, 5.74) is 0. The Morgan fingerprint density at radius 2 is 1.82 bits per heavy atom. The quantitative estimate of drug-likeness (QED) is 0.817. The molecule has 0 aliphatic heterocycles. The van der Waals surface area contributed by atoms with Gasteiger partial charge in [-0.05, 0) is 37.8 Å². The minimum Gasteiger partial charge on any atom is -0.370 e. The number of nitrogens with zero attached hydrogens (tertiary/aromatic N) is 1. The molecular formula is C14H23N3. The van der Waals surface area contributed by atoms with Crippen LogP contribution in [-0.4, -0.2) is 18.1 Å². The first-order valence-corrected chi connectivity index (χ1v) is 6.83. The van der Waals surface area contributed by atoms with Gasteiger partial charge in [-0.25, -0.2) is 4.98 Å². The molecule has 0 amide bonds. The lowest BCUT2D eigenvalue weighted by Crippen LogP contribution is -2.17. The van der Waals surface area contributed by atoms with Crippen molar-refractivity contribution in [2.75, 3.05) is 23.7 Å². The Balaban J connectivity index is 1.83. The van der Waals surface area contributed by atoms with Crippen molar-refractivity contribution >= 4 is 11.6 Å². The van der Waals surface area contributed by atoms with Crippen LogP contribution in [0.15, 0.2) is 18.2 Å². The summed E-state index contributed by atoms with van der Waals surface area (Å²) in [4.78, 5) is 4.52. The molecule has 1 aliphatic carbocycles. The molecule has 3 heteroatoms. The van der Waals surface area contributed by atoms with Crippen molar-refractivity contribution < 1.29 is 0 Å². The van der Waals surface area contributed by atoms with Gasteiger partial charge in [-0.3, -0.25) is 0 Å². The van der Waals surface area contributed by atoms with Crippen molar-refractivity contribution in [2.45, 2.75) is 39.0 Å². The van der Waals surface area contributed by atoms with Gasteiger partial charge in [0.25, 0.3) is 0 Å². The zero-order valence-corrected chi connectivity index (χ0v) is 10.7. The molecule has 1 saturated carbocycles. The van der Waals surface area contributed by atoms with Crippen molar-refractivity contribution in [3.05, 3.63) is 18.2 Å². The second-order valence-corrected chi connectivity index (χ2v) is 4.82. The average molecular weight is 233 g/mol. The van der Waals surface area contributed by atoms with E-state index in [0.717, 1.165) is 30.6 Å². The lowest BCUT2D eigenvalue weighted by atomic mass is 9.89. The third kappa shape index (κ3) is 3.91. The Morgan fingerprint density at radius 3 is 2.53 bits per heavy atom. The molecule has 94 valence electrons. The first-order valence-electron chi connectivity index (χ1n) is 6.83. The topological polar surface area (TPSA) is 37.0 Å². The SMILES string of the molecule is CCNc1cccc(NCC2CCCCC2)n1. The van der Waals surface area contributed by atoms with Gasteiger partial charge in [0, 0.05) is 13.1 Å². The van der Waals surface area contributed by atoms with Gasteiger partial charge in [0.2, 0.25) is 0 Å². The maximum atomic E-state index is 4.52. The van der Waals surface area contributed by atoms with Gasteiger partial charge in [0.1, 0.15) is 11.6 Å². The summed E-state index contributed by atoms with van der Waals surface area (Å²) in [7, 11) is 0. The Morgan fingerprint density at radius 1 is 1.12 bits per heavy atom. The molecule has 2 rings (SSSR count). The van der Waals surface area contributed by atoms with Crippen molar-refractivity contribution in [1.29, 1.82) is 0 Å². The van der Waals surface area contributed by atoms with Crippen LogP contribution in [0, 0.1) is 5.92 Å². The molecule has 1 aromatic rings. The predicted octanol–water partition coefficient (Wildman–Crippen LogP) is 3.51. The molecule has 0 spiro atoms. The molecule has 1 heterocycles. The van der Waals surface area contributed by atoms with Crippen LogP contribution < -0.4 is 10.6 Å². The molecule has 1 aliphatic rings. The standard InChI is InChI=1S/C14H23N3/c1-2-15-13-9-6-10-14(17-13)16-11-12-7-4-3-5-8-12/h6,9-10,12H,2-5,7-8,11H2,1H3,(H2,15,16,17). The van der Waals surface area contributed by atoms with Gasteiger partial charge in [0.05, 0.1) is 0 Å². The summed E-state index contributed by atoms with van der Waals surface area (Å²) in [5, 5.41) is 6.70. The van der Waals surface area contributed by atoms with Gasteiger partial charge in [-0.2, -0.15) is 0 Å². The molecule has 0 aromatic carbocycles. The van der Waals surface area contributed by atoms with Crippen LogP contribution in [0.3, 0.4) is 0 Å². The predicted molar refractivity (Wildman–Crippen MR) is 73.5 cm³/mol. The van der Waals surface area contributed by atoms with E-state index in [1.165, 1.54) is 32.1 Å². The highest BCUT2D eigenvalue weighted by Gasteiger charge is 2.12. The summed E-state index contributed by atoms with van der Waals surface area (Å²) in [6.45, 7) is 4.07. The zero-order valence-electron chi connectivity index (χ0n) is 10.7. The molecule has 1 aromatic heterocycles. The lowest BCUT2D eigenvalue weighted by Gasteiger charge is -2.22. The minimum atomic E-state index is 0.841. The van der Waals surface area contributed by atoms with Crippen molar-refractivity contribution in [2.24, 2.45) is 5.92 Å². The molecule has 0 atom stereocenters. The van der Waals surface area contributed by atoms with Crippen LogP contribution in [-0.2, 0) is 0 Å². The minimum absolute atomic E-state index is 0.841. The average Bonchev–Trinajstić information content (AvgIpc) is 2.39. The third-order valence-corrected chi connectivity index (χ3v) is 3.40. The van der Waals surface area contributed by atoms with Gasteiger partial charge in [-0.15, -0.1) is 0 Å². The van der Waals surface area contributed by atoms with E-state index in [9.17, 15) is 0 Å². The normalized spacial score (nSPS) is 16.8. The lowest BCUT2D eigenvalue weighted by molar-refractivity contribution is 0.373. The smallest absolute Gasteiger partial charge is 0.128 e. The highest BCUT2D eigenvalue weighted by molar-refractivity contribution is 5.44. The molecular weight excluding hydrogens is 210 g/mol. The fraction of sp³-hybridized carbons (Fsp3) is 0.643. The Bertz CT molecular complexity index is 332. The van der Waals surface area contributed by atoms with Gasteiger partial charge < -0.3 is 10.6 Å². The molecule has 17 heavy (non-hydrogen) atoms. The Hall–Kier alpha value is -1.25. The largest absolute Gasteiger partial charge is 0.370 e. The fourth-order valence-electron chi connectivity index (χ4n) is 2.45.